The molecule has 1 aliphatic rings. The molecule has 0 unspecified atom stereocenters. The molecule has 3 heteroatoms. The molecule has 0 atom stereocenters. The van der Waals surface area contributed by atoms with Crippen molar-refractivity contribution < 1.29 is 0 Å². The summed E-state index contributed by atoms with van der Waals surface area (Å²) in [6, 6.07) is 88.5. The van der Waals surface area contributed by atoms with E-state index < -0.39 is 8.07 Å². The van der Waals surface area contributed by atoms with Gasteiger partial charge in [-0.2, -0.15) is 0 Å². The van der Waals surface area contributed by atoms with Crippen LogP contribution in [0.2, 0.25) is 0 Å². The molecule has 0 saturated carbocycles. The minimum absolute atomic E-state index is 1.06. The van der Waals surface area contributed by atoms with Gasteiger partial charge >= 0.3 is 0 Å². The minimum Gasteiger partial charge on any atom is -0.310 e. The number of para-hydroxylation sites is 2. The van der Waals surface area contributed by atoms with Gasteiger partial charge in [0.1, 0.15) is 0 Å². The molecule has 11 rings (SSSR count). The number of hydrogen-bond acceptors (Lipinski definition) is 2. The van der Waals surface area contributed by atoms with Gasteiger partial charge in [0.2, 0.25) is 0 Å². The van der Waals surface area contributed by atoms with Gasteiger partial charge in [-0.15, -0.1) is 0 Å². The lowest BCUT2D eigenvalue weighted by Crippen LogP contribution is -2.75. The Balaban J connectivity index is 1.22. The first-order chi connectivity index (χ1) is 30.3. The molecule has 0 aromatic heterocycles. The van der Waals surface area contributed by atoms with Crippen LogP contribution in [0.15, 0.2) is 243 Å². The van der Waals surface area contributed by atoms with Crippen LogP contribution < -0.4 is 30.5 Å². The third-order valence-corrected chi connectivity index (χ3v) is 17.0. The molecule has 61 heavy (non-hydrogen) atoms. The van der Waals surface area contributed by atoms with Crippen molar-refractivity contribution in [3.8, 4) is 11.8 Å². The van der Waals surface area contributed by atoms with Gasteiger partial charge in [-0.25, -0.2) is 0 Å². The minimum atomic E-state index is -3.17. The maximum atomic E-state index is 3.74. The number of rotatable bonds is 8. The second-order valence-electron chi connectivity index (χ2n) is 15.5. The van der Waals surface area contributed by atoms with Crippen LogP contribution in [0, 0.1) is 11.8 Å². The van der Waals surface area contributed by atoms with E-state index in [0.29, 0.717) is 0 Å². The zero-order chi connectivity index (χ0) is 40.6. The SMILES string of the molecule is C1#Cc2ccc(N(c3ccccc3)c3cccc4ccccc34)cc2[Si](c2ccccc2)(c2ccccc2)c2cc(N(c3ccccc3)c3cccc4ccccc34)ccc21. The van der Waals surface area contributed by atoms with Crippen LogP contribution >= 0.6 is 0 Å². The van der Waals surface area contributed by atoms with Crippen LogP contribution in [0.3, 0.4) is 0 Å². The maximum absolute atomic E-state index is 3.74. The Morgan fingerprint density at radius 3 is 1.08 bits per heavy atom. The zero-order valence-electron chi connectivity index (χ0n) is 33.5. The summed E-state index contributed by atoms with van der Waals surface area (Å²) in [4.78, 5) is 4.84. The predicted molar refractivity (Wildman–Crippen MR) is 260 cm³/mol. The number of benzene rings is 10. The van der Waals surface area contributed by atoms with E-state index in [2.05, 4.69) is 264 Å². The second-order valence-corrected chi connectivity index (χ2v) is 19.3. The Kier molecular flexibility index (Phi) is 9.12. The highest BCUT2D eigenvalue weighted by molar-refractivity contribution is 7.20. The van der Waals surface area contributed by atoms with Crippen molar-refractivity contribution in [1.29, 1.82) is 0 Å². The van der Waals surface area contributed by atoms with Gasteiger partial charge in [0.15, 0.2) is 8.07 Å². The van der Waals surface area contributed by atoms with Crippen LogP contribution in [0.1, 0.15) is 11.1 Å². The Morgan fingerprint density at radius 1 is 0.295 bits per heavy atom. The summed E-state index contributed by atoms with van der Waals surface area (Å²) >= 11 is 0. The largest absolute Gasteiger partial charge is 0.310 e. The van der Waals surface area contributed by atoms with E-state index in [-0.39, 0.29) is 0 Å². The Labute approximate surface area is 358 Å². The molecule has 0 fully saturated rings. The van der Waals surface area contributed by atoms with Crippen molar-refractivity contribution in [3.05, 3.63) is 254 Å². The van der Waals surface area contributed by atoms with E-state index in [4.69, 9.17) is 0 Å². The molecule has 0 bridgehead atoms. The molecule has 0 saturated heterocycles. The molecule has 0 aliphatic carbocycles. The molecule has 1 aliphatic heterocycles. The topological polar surface area (TPSA) is 6.48 Å². The first-order valence-electron chi connectivity index (χ1n) is 20.9. The molecule has 2 nitrogen and oxygen atoms in total. The summed E-state index contributed by atoms with van der Waals surface area (Å²) in [5.74, 6) is 7.48. The molecular formula is C58H40N2Si. The van der Waals surface area contributed by atoms with E-state index in [1.807, 2.05) is 0 Å². The quantitative estimate of drug-likeness (QED) is 0.112. The van der Waals surface area contributed by atoms with Crippen LogP contribution in [-0.4, -0.2) is 8.07 Å². The van der Waals surface area contributed by atoms with E-state index in [0.717, 1.165) is 45.3 Å². The highest BCUT2D eigenvalue weighted by Crippen LogP contribution is 2.41. The van der Waals surface area contributed by atoms with E-state index >= 15 is 0 Å². The van der Waals surface area contributed by atoms with Crippen LogP contribution in [0.25, 0.3) is 21.5 Å². The summed E-state index contributed by atoms with van der Waals surface area (Å²) in [6.45, 7) is 0. The molecular weight excluding hydrogens is 753 g/mol. The zero-order valence-corrected chi connectivity index (χ0v) is 34.5. The van der Waals surface area contributed by atoms with Crippen molar-refractivity contribution in [2.45, 2.75) is 0 Å². The lowest BCUT2D eigenvalue weighted by atomic mass is 10.1. The number of hydrogen-bond donors (Lipinski definition) is 0. The third-order valence-electron chi connectivity index (χ3n) is 12.1. The fraction of sp³-hybridized carbons (Fsp3) is 0. The predicted octanol–water partition coefficient (Wildman–Crippen LogP) is 12.0. The van der Waals surface area contributed by atoms with Crippen molar-refractivity contribution in [2.24, 2.45) is 0 Å². The van der Waals surface area contributed by atoms with Gasteiger partial charge < -0.3 is 9.80 Å². The first kappa shape index (κ1) is 36.2. The monoisotopic (exact) mass is 792 g/mol. The van der Waals surface area contributed by atoms with Gasteiger partial charge in [-0.1, -0.05) is 182 Å². The standard InChI is InChI=1S/C58H40N2Si/c1-5-23-47(24-6-1)59(55-33-17-21-43-19-13-15-31-53(43)55)49-39-37-45-35-36-46-38-40-50(60(48-25-7-2-8-26-48)56-34-18-22-44-20-14-16-32-54(44)56)42-58(46)61(57(45)41-49,51-27-9-3-10-28-51)52-29-11-4-12-30-52/h1-34,37-42H. The van der Waals surface area contributed by atoms with Crippen LogP contribution in [-0.2, 0) is 0 Å². The molecule has 0 spiro atoms. The lowest BCUT2D eigenvalue weighted by molar-refractivity contribution is 1.30. The van der Waals surface area contributed by atoms with Crippen molar-refractivity contribution in [1.82, 2.24) is 0 Å². The molecule has 0 N–H and O–H groups in total. The van der Waals surface area contributed by atoms with Crippen LogP contribution in [0.5, 0.6) is 0 Å². The Bertz CT molecular complexity index is 3030. The average Bonchev–Trinajstić information content (AvgIpc) is 3.48. The molecule has 10 aromatic carbocycles. The smallest absolute Gasteiger partial charge is 0.182 e. The fourth-order valence-electron chi connectivity index (χ4n) is 9.44. The van der Waals surface area contributed by atoms with Gasteiger partial charge in [-0.05, 0) is 104 Å². The normalized spacial score (nSPS) is 12.4. The summed E-state index contributed by atoms with van der Waals surface area (Å²) in [7, 11) is -3.17. The summed E-state index contributed by atoms with van der Waals surface area (Å²) in [5, 5.41) is 9.94. The van der Waals surface area contributed by atoms with Crippen molar-refractivity contribution in [3.63, 3.8) is 0 Å². The molecule has 1 heterocycles. The van der Waals surface area contributed by atoms with E-state index in [9.17, 15) is 0 Å². The Hall–Kier alpha value is -7.90. The fourth-order valence-corrected chi connectivity index (χ4v) is 14.5. The molecule has 0 radical (unpaired) electrons. The van der Waals surface area contributed by atoms with Crippen molar-refractivity contribution >= 4 is 84.5 Å². The Morgan fingerprint density at radius 2 is 0.656 bits per heavy atom. The molecule has 286 valence electrons. The first-order valence-corrected chi connectivity index (χ1v) is 22.9. The lowest BCUT2D eigenvalue weighted by Gasteiger charge is -2.37. The third kappa shape index (κ3) is 6.21. The van der Waals surface area contributed by atoms with Gasteiger partial charge in [0, 0.05) is 44.6 Å². The van der Waals surface area contributed by atoms with Crippen LogP contribution in [0.4, 0.5) is 34.1 Å². The summed E-state index contributed by atoms with van der Waals surface area (Å²) in [5.41, 5.74) is 8.75. The van der Waals surface area contributed by atoms with E-state index in [1.54, 1.807) is 0 Å². The van der Waals surface area contributed by atoms with Gasteiger partial charge in [0.05, 0.1) is 11.4 Å². The number of fused-ring (bicyclic) bond motifs is 4. The maximum Gasteiger partial charge on any atom is 0.182 e. The van der Waals surface area contributed by atoms with Crippen molar-refractivity contribution in [2.75, 3.05) is 9.80 Å². The highest BCUT2D eigenvalue weighted by atomic mass is 28.3. The summed E-state index contributed by atoms with van der Waals surface area (Å²) in [6.07, 6.45) is 0. The second kappa shape index (κ2) is 15.4. The number of nitrogens with zero attached hydrogens (tertiary/aromatic N) is 2. The summed E-state index contributed by atoms with van der Waals surface area (Å²) < 4.78 is 0. The van der Waals surface area contributed by atoms with Gasteiger partial charge in [-0.3, -0.25) is 0 Å². The number of anilines is 6. The van der Waals surface area contributed by atoms with E-state index in [1.165, 1.54) is 42.3 Å². The average molecular weight is 793 g/mol. The molecule has 10 aromatic rings. The van der Waals surface area contributed by atoms with Gasteiger partial charge in [0.25, 0.3) is 0 Å². The molecule has 0 amide bonds. The highest BCUT2D eigenvalue weighted by Gasteiger charge is 2.45.